The Bertz CT molecular complexity index is 935. The van der Waals surface area contributed by atoms with Gasteiger partial charge in [-0.05, 0) is 24.8 Å². The Hall–Kier alpha value is -3.16. The van der Waals surface area contributed by atoms with Gasteiger partial charge in [-0.25, -0.2) is 0 Å². The Labute approximate surface area is 162 Å². The van der Waals surface area contributed by atoms with Crippen LogP contribution in [0.2, 0.25) is 0 Å². The molecule has 28 heavy (non-hydrogen) atoms. The molecule has 0 spiro atoms. The molecule has 0 saturated carbocycles. The van der Waals surface area contributed by atoms with E-state index >= 15 is 0 Å². The van der Waals surface area contributed by atoms with Crippen molar-refractivity contribution < 1.29 is 9.59 Å². The summed E-state index contributed by atoms with van der Waals surface area (Å²) in [5.74, 6) is -0.811. The first kappa shape index (κ1) is 18.2. The van der Waals surface area contributed by atoms with Crippen molar-refractivity contribution in [3.8, 4) is 0 Å². The second-order valence-corrected chi connectivity index (χ2v) is 7.18. The SMILES string of the molecule is O=C1C[C@@H](C(=O)NCCc2ccccc2)c2c(nc(N3CCCC3)[nH]c2=O)N1. The summed E-state index contributed by atoms with van der Waals surface area (Å²) in [6.45, 7) is 2.08. The summed E-state index contributed by atoms with van der Waals surface area (Å²) in [5.41, 5.74) is 0.981. The highest BCUT2D eigenvalue weighted by molar-refractivity contribution is 6.00. The van der Waals surface area contributed by atoms with Gasteiger partial charge in [0.15, 0.2) is 0 Å². The highest BCUT2D eigenvalue weighted by Crippen LogP contribution is 2.29. The van der Waals surface area contributed by atoms with E-state index in [4.69, 9.17) is 0 Å². The number of hydrogen-bond acceptors (Lipinski definition) is 5. The third kappa shape index (κ3) is 3.76. The third-order valence-corrected chi connectivity index (χ3v) is 5.22. The van der Waals surface area contributed by atoms with Gasteiger partial charge >= 0.3 is 0 Å². The molecule has 1 atom stereocenters. The van der Waals surface area contributed by atoms with Crippen molar-refractivity contribution in [2.45, 2.75) is 31.6 Å². The molecule has 1 fully saturated rings. The van der Waals surface area contributed by atoms with Crippen LogP contribution in [0.1, 0.15) is 36.3 Å². The quantitative estimate of drug-likeness (QED) is 0.720. The number of H-pyrrole nitrogens is 1. The maximum absolute atomic E-state index is 12.7. The highest BCUT2D eigenvalue weighted by Gasteiger charge is 2.35. The molecule has 1 saturated heterocycles. The minimum atomic E-state index is -0.830. The van der Waals surface area contributed by atoms with Crippen LogP contribution in [0.3, 0.4) is 0 Å². The van der Waals surface area contributed by atoms with Gasteiger partial charge in [-0.3, -0.25) is 19.4 Å². The number of carbonyl (C=O) groups is 2. The van der Waals surface area contributed by atoms with Gasteiger partial charge in [0.2, 0.25) is 17.8 Å². The smallest absolute Gasteiger partial charge is 0.258 e. The van der Waals surface area contributed by atoms with E-state index in [0.717, 1.165) is 31.5 Å². The number of aromatic amines is 1. The number of hydrogen-bond donors (Lipinski definition) is 3. The fourth-order valence-electron chi connectivity index (χ4n) is 3.76. The van der Waals surface area contributed by atoms with Gasteiger partial charge in [-0.1, -0.05) is 30.3 Å². The molecule has 1 aromatic heterocycles. The van der Waals surface area contributed by atoms with Gasteiger partial charge < -0.3 is 15.5 Å². The second kappa shape index (κ2) is 7.84. The zero-order valence-corrected chi connectivity index (χ0v) is 15.5. The van der Waals surface area contributed by atoms with Crippen molar-refractivity contribution in [2.24, 2.45) is 0 Å². The van der Waals surface area contributed by atoms with Gasteiger partial charge in [0.05, 0.1) is 11.5 Å². The summed E-state index contributed by atoms with van der Waals surface area (Å²) in [5, 5.41) is 5.50. The molecule has 146 valence electrons. The van der Waals surface area contributed by atoms with E-state index in [1.165, 1.54) is 0 Å². The molecule has 0 aliphatic carbocycles. The van der Waals surface area contributed by atoms with Crippen molar-refractivity contribution in [3.05, 3.63) is 51.8 Å². The summed E-state index contributed by atoms with van der Waals surface area (Å²) < 4.78 is 0. The Morgan fingerprint density at radius 3 is 2.68 bits per heavy atom. The molecule has 2 amide bonds. The van der Waals surface area contributed by atoms with Gasteiger partial charge in [-0.15, -0.1) is 0 Å². The molecule has 2 aromatic rings. The predicted molar refractivity (Wildman–Crippen MR) is 105 cm³/mol. The van der Waals surface area contributed by atoms with Gasteiger partial charge in [0.25, 0.3) is 5.56 Å². The Morgan fingerprint density at radius 2 is 1.93 bits per heavy atom. The fraction of sp³-hybridized carbons (Fsp3) is 0.400. The number of amides is 2. The average molecular weight is 381 g/mol. The molecule has 4 rings (SSSR count). The molecule has 1 aromatic carbocycles. The molecule has 8 nitrogen and oxygen atoms in total. The number of nitrogens with one attached hydrogen (secondary N) is 3. The standard InChI is InChI=1S/C20H23N5O3/c26-15-12-14(18(27)21-9-8-13-6-2-1-3-7-13)16-17(22-15)23-20(24-19(16)28)25-10-4-5-11-25/h1-3,6-7,14H,4-5,8-12H2,(H,21,27)(H2,22,23,24,26,28)/t14-/m1/s1. The molecule has 0 unspecified atom stereocenters. The molecule has 0 bridgehead atoms. The van der Waals surface area contributed by atoms with Crippen molar-refractivity contribution in [1.29, 1.82) is 0 Å². The van der Waals surface area contributed by atoms with Crippen LogP contribution in [0.15, 0.2) is 35.1 Å². The summed E-state index contributed by atoms with van der Waals surface area (Å²) in [4.78, 5) is 46.7. The van der Waals surface area contributed by atoms with Crippen molar-refractivity contribution >= 4 is 23.6 Å². The first-order chi connectivity index (χ1) is 13.6. The zero-order chi connectivity index (χ0) is 19.5. The molecule has 3 heterocycles. The molecular formula is C20H23N5O3. The van der Waals surface area contributed by atoms with E-state index in [1.807, 2.05) is 35.2 Å². The number of fused-ring (bicyclic) bond motifs is 1. The van der Waals surface area contributed by atoms with Crippen molar-refractivity contribution in [1.82, 2.24) is 15.3 Å². The average Bonchev–Trinajstić information content (AvgIpc) is 3.22. The molecule has 8 heteroatoms. The van der Waals surface area contributed by atoms with Crippen molar-refractivity contribution in [3.63, 3.8) is 0 Å². The third-order valence-electron chi connectivity index (χ3n) is 5.22. The predicted octanol–water partition coefficient (Wildman–Crippen LogP) is 1.15. The molecule has 2 aliphatic heterocycles. The zero-order valence-electron chi connectivity index (χ0n) is 15.5. The van der Waals surface area contributed by atoms with E-state index in [0.29, 0.717) is 18.9 Å². The molecular weight excluding hydrogens is 358 g/mol. The number of rotatable bonds is 5. The minimum Gasteiger partial charge on any atom is -0.355 e. The Kier molecular flexibility index (Phi) is 5.10. The molecule has 0 radical (unpaired) electrons. The first-order valence-electron chi connectivity index (χ1n) is 9.62. The minimum absolute atomic E-state index is 0.0575. The molecule has 3 N–H and O–H groups in total. The van der Waals surface area contributed by atoms with Crippen LogP contribution >= 0.6 is 0 Å². The number of benzene rings is 1. The van der Waals surface area contributed by atoms with E-state index in [9.17, 15) is 14.4 Å². The number of anilines is 2. The van der Waals surface area contributed by atoms with Gasteiger partial charge in [0.1, 0.15) is 5.82 Å². The van der Waals surface area contributed by atoms with Gasteiger partial charge in [-0.2, -0.15) is 4.98 Å². The second-order valence-electron chi connectivity index (χ2n) is 7.18. The Morgan fingerprint density at radius 1 is 1.18 bits per heavy atom. The normalized spacial score (nSPS) is 18.5. The van der Waals surface area contributed by atoms with Crippen LogP contribution < -0.4 is 21.1 Å². The monoisotopic (exact) mass is 381 g/mol. The largest absolute Gasteiger partial charge is 0.355 e. The maximum Gasteiger partial charge on any atom is 0.258 e. The van der Waals surface area contributed by atoms with Crippen molar-refractivity contribution in [2.75, 3.05) is 29.9 Å². The number of carbonyl (C=O) groups excluding carboxylic acids is 2. The highest BCUT2D eigenvalue weighted by atomic mass is 16.2. The Balaban J connectivity index is 1.51. The lowest BCUT2D eigenvalue weighted by molar-refractivity contribution is -0.126. The van der Waals surface area contributed by atoms with Gasteiger partial charge in [0, 0.05) is 26.1 Å². The van der Waals surface area contributed by atoms with E-state index in [-0.39, 0.29) is 35.2 Å². The van der Waals surface area contributed by atoms with Crippen LogP contribution in [0.25, 0.3) is 0 Å². The van der Waals surface area contributed by atoms with Crippen LogP contribution in [0.5, 0.6) is 0 Å². The fourth-order valence-corrected chi connectivity index (χ4v) is 3.76. The van der Waals surface area contributed by atoms with E-state index < -0.39 is 5.92 Å². The summed E-state index contributed by atoms with van der Waals surface area (Å²) in [6.07, 6.45) is 2.71. The number of nitrogens with zero attached hydrogens (tertiary/aromatic N) is 2. The van der Waals surface area contributed by atoms with Crippen LogP contribution in [-0.4, -0.2) is 41.4 Å². The number of aromatic nitrogens is 2. The van der Waals surface area contributed by atoms with Crippen LogP contribution in [-0.2, 0) is 16.0 Å². The molecule has 2 aliphatic rings. The van der Waals surface area contributed by atoms with Crippen LogP contribution in [0.4, 0.5) is 11.8 Å². The summed E-state index contributed by atoms with van der Waals surface area (Å²) in [6, 6.07) is 9.81. The topological polar surface area (TPSA) is 107 Å². The first-order valence-corrected chi connectivity index (χ1v) is 9.62. The van der Waals surface area contributed by atoms with E-state index in [1.54, 1.807) is 0 Å². The summed E-state index contributed by atoms with van der Waals surface area (Å²) in [7, 11) is 0. The maximum atomic E-state index is 12.7. The van der Waals surface area contributed by atoms with E-state index in [2.05, 4.69) is 20.6 Å². The lowest BCUT2D eigenvalue weighted by atomic mass is 9.92. The summed E-state index contributed by atoms with van der Waals surface area (Å²) >= 11 is 0. The van der Waals surface area contributed by atoms with Crippen LogP contribution in [0, 0.1) is 0 Å². The lowest BCUT2D eigenvalue weighted by Gasteiger charge is -2.25. The lowest BCUT2D eigenvalue weighted by Crippen LogP contribution is -2.40.